The number of nitrogens with one attached hydrogen (secondary N) is 2. The van der Waals surface area contributed by atoms with Crippen LogP contribution < -0.4 is 10.6 Å². The molecular weight excluding hydrogens is 324 g/mol. The highest BCUT2D eigenvalue weighted by molar-refractivity contribution is 7.90. The van der Waals surface area contributed by atoms with E-state index in [9.17, 15) is 22.8 Å². The largest absolute Gasteiger partial charge is 0.452 e. The number of imide groups is 1. The molecule has 0 fully saturated rings. The van der Waals surface area contributed by atoms with Crippen molar-refractivity contribution in [2.75, 3.05) is 19.4 Å². The van der Waals surface area contributed by atoms with E-state index in [0.717, 1.165) is 6.26 Å². The Labute approximate surface area is 134 Å². The maximum atomic E-state index is 11.9. The van der Waals surface area contributed by atoms with Gasteiger partial charge in [0, 0.05) is 12.8 Å². The quantitative estimate of drug-likeness (QED) is 0.726. The standard InChI is InChI=1S/C14H18N2O6S/c1-3-8-15-14(19)16-12(17)9-22-13(18)10-6-4-5-7-11(10)23(2,20)21/h4-7H,3,8-9H2,1-2H3,(H2,15,16,17,19). The van der Waals surface area contributed by atoms with Crippen molar-refractivity contribution in [3.05, 3.63) is 29.8 Å². The van der Waals surface area contributed by atoms with Gasteiger partial charge in [-0.15, -0.1) is 0 Å². The molecule has 1 rings (SSSR count). The first-order valence-electron chi connectivity index (χ1n) is 6.79. The van der Waals surface area contributed by atoms with Crippen molar-refractivity contribution in [2.24, 2.45) is 0 Å². The summed E-state index contributed by atoms with van der Waals surface area (Å²) < 4.78 is 27.9. The maximum Gasteiger partial charge on any atom is 0.339 e. The van der Waals surface area contributed by atoms with Crippen LogP contribution in [-0.4, -0.2) is 45.7 Å². The highest BCUT2D eigenvalue weighted by atomic mass is 32.2. The Balaban J connectivity index is 2.65. The Bertz CT molecular complexity index is 699. The highest BCUT2D eigenvalue weighted by Gasteiger charge is 2.20. The van der Waals surface area contributed by atoms with Gasteiger partial charge in [0.2, 0.25) is 0 Å². The lowest BCUT2D eigenvalue weighted by Crippen LogP contribution is -2.41. The summed E-state index contributed by atoms with van der Waals surface area (Å²) in [5.41, 5.74) is -0.168. The van der Waals surface area contributed by atoms with Crippen LogP contribution in [0, 0.1) is 0 Å². The van der Waals surface area contributed by atoms with Gasteiger partial charge in [-0.1, -0.05) is 19.1 Å². The molecular formula is C14H18N2O6S. The van der Waals surface area contributed by atoms with Crippen molar-refractivity contribution in [1.82, 2.24) is 10.6 Å². The van der Waals surface area contributed by atoms with Gasteiger partial charge in [0.1, 0.15) is 0 Å². The third-order valence-electron chi connectivity index (χ3n) is 2.63. The summed E-state index contributed by atoms with van der Waals surface area (Å²) in [5.74, 6) is -1.78. The van der Waals surface area contributed by atoms with Crippen molar-refractivity contribution in [3.8, 4) is 0 Å². The molecule has 0 bridgehead atoms. The number of hydrogen-bond donors (Lipinski definition) is 2. The van der Waals surface area contributed by atoms with Gasteiger partial charge in [-0.05, 0) is 18.6 Å². The fourth-order valence-electron chi connectivity index (χ4n) is 1.61. The molecule has 0 unspecified atom stereocenters. The number of carbonyl (C=O) groups is 3. The number of benzene rings is 1. The van der Waals surface area contributed by atoms with Crippen LogP contribution in [-0.2, 0) is 19.4 Å². The number of carbonyl (C=O) groups excluding carboxylic acids is 3. The molecule has 23 heavy (non-hydrogen) atoms. The number of esters is 1. The molecule has 0 saturated carbocycles. The summed E-state index contributed by atoms with van der Waals surface area (Å²) >= 11 is 0. The second-order valence-electron chi connectivity index (χ2n) is 4.65. The first kappa shape index (κ1) is 18.6. The van der Waals surface area contributed by atoms with E-state index in [1.807, 2.05) is 12.2 Å². The Morgan fingerprint density at radius 1 is 1.17 bits per heavy atom. The number of sulfone groups is 1. The van der Waals surface area contributed by atoms with Gasteiger partial charge in [0.25, 0.3) is 5.91 Å². The Hall–Kier alpha value is -2.42. The molecule has 0 aliphatic carbocycles. The fraction of sp³-hybridized carbons (Fsp3) is 0.357. The number of amides is 3. The summed E-state index contributed by atoms with van der Waals surface area (Å²) in [5, 5.41) is 4.40. The number of rotatable bonds is 6. The number of hydrogen-bond acceptors (Lipinski definition) is 6. The van der Waals surface area contributed by atoms with Crippen LogP contribution in [0.1, 0.15) is 23.7 Å². The lowest BCUT2D eigenvalue weighted by Gasteiger charge is -2.09. The van der Waals surface area contributed by atoms with Gasteiger partial charge in [0.05, 0.1) is 10.5 Å². The van der Waals surface area contributed by atoms with Gasteiger partial charge < -0.3 is 10.1 Å². The maximum absolute atomic E-state index is 11.9. The van der Waals surface area contributed by atoms with Crippen molar-refractivity contribution in [3.63, 3.8) is 0 Å². The second-order valence-corrected chi connectivity index (χ2v) is 6.63. The SMILES string of the molecule is CCCNC(=O)NC(=O)COC(=O)c1ccccc1S(C)(=O)=O. The normalized spacial score (nSPS) is 10.7. The summed E-state index contributed by atoms with van der Waals surface area (Å²) in [6, 6.07) is 4.81. The van der Waals surface area contributed by atoms with E-state index < -0.39 is 34.4 Å². The van der Waals surface area contributed by atoms with Crippen LogP contribution in [0.4, 0.5) is 4.79 Å². The highest BCUT2D eigenvalue weighted by Crippen LogP contribution is 2.16. The zero-order chi connectivity index (χ0) is 17.5. The van der Waals surface area contributed by atoms with Crippen molar-refractivity contribution < 1.29 is 27.5 Å². The summed E-state index contributed by atoms with van der Waals surface area (Å²) in [6.07, 6.45) is 1.67. The average Bonchev–Trinajstić information content (AvgIpc) is 2.49. The molecule has 0 radical (unpaired) electrons. The molecule has 0 spiro atoms. The monoisotopic (exact) mass is 342 g/mol. The molecule has 0 heterocycles. The molecule has 0 atom stereocenters. The first-order valence-corrected chi connectivity index (χ1v) is 8.68. The van der Waals surface area contributed by atoms with Crippen LogP contribution in [0.15, 0.2) is 29.2 Å². The number of ether oxygens (including phenoxy) is 1. The van der Waals surface area contributed by atoms with Gasteiger partial charge in [-0.2, -0.15) is 0 Å². The van der Waals surface area contributed by atoms with Crippen LogP contribution in [0.3, 0.4) is 0 Å². The number of urea groups is 1. The predicted octanol–water partition coefficient (Wildman–Crippen LogP) is 0.483. The van der Waals surface area contributed by atoms with Crippen molar-refractivity contribution in [1.29, 1.82) is 0 Å². The Morgan fingerprint density at radius 3 is 2.43 bits per heavy atom. The molecule has 0 aliphatic rings. The predicted molar refractivity (Wildman–Crippen MR) is 81.7 cm³/mol. The topological polar surface area (TPSA) is 119 Å². The van der Waals surface area contributed by atoms with E-state index in [1.54, 1.807) is 0 Å². The molecule has 1 aromatic carbocycles. The molecule has 0 saturated heterocycles. The van der Waals surface area contributed by atoms with E-state index in [1.165, 1.54) is 24.3 Å². The minimum atomic E-state index is -3.61. The van der Waals surface area contributed by atoms with Crippen molar-refractivity contribution in [2.45, 2.75) is 18.2 Å². The Morgan fingerprint density at radius 2 is 1.83 bits per heavy atom. The zero-order valence-electron chi connectivity index (χ0n) is 12.8. The Kier molecular flexibility index (Phi) is 6.70. The third-order valence-corrected chi connectivity index (χ3v) is 3.78. The van der Waals surface area contributed by atoms with E-state index in [2.05, 4.69) is 5.32 Å². The zero-order valence-corrected chi connectivity index (χ0v) is 13.6. The van der Waals surface area contributed by atoms with Crippen LogP contribution in [0.25, 0.3) is 0 Å². The molecule has 9 heteroatoms. The van der Waals surface area contributed by atoms with Gasteiger partial charge in [0.15, 0.2) is 16.4 Å². The van der Waals surface area contributed by atoms with E-state index in [4.69, 9.17) is 4.74 Å². The molecule has 1 aromatic rings. The van der Waals surface area contributed by atoms with E-state index in [0.29, 0.717) is 13.0 Å². The molecule has 8 nitrogen and oxygen atoms in total. The van der Waals surface area contributed by atoms with Crippen LogP contribution >= 0.6 is 0 Å². The average molecular weight is 342 g/mol. The summed E-state index contributed by atoms with van der Waals surface area (Å²) in [4.78, 5) is 34.4. The lowest BCUT2D eigenvalue weighted by molar-refractivity contribution is -0.123. The molecule has 126 valence electrons. The van der Waals surface area contributed by atoms with E-state index >= 15 is 0 Å². The molecule has 0 aliphatic heterocycles. The smallest absolute Gasteiger partial charge is 0.339 e. The minimum Gasteiger partial charge on any atom is -0.452 e. The van der Waals surface area contributed by atoms with Crippen LogP contribution in [0.2, 0.25) is 0 Å². The third kappa shape index (κ3) is 6.07. The van der Waals surface area contributed by atoms with Gasteiger partial charge in [-0.3, -0.25) is 10.1 Å². The van der Waals surface area contributed by atoms with Crippen molar-refractivity contribution >= 4 is 27.7 Å². The summed E-state index contributed by atoms with van der Waals surface area (Å²) in [7, 11) is -3.61. The molecule has 2 N–H and O–H groups in total. The van der Waals surface area contributed by atoms with E-state index in [-0.39, 0.29) is 10.5 Å². The lowest BCUT2D eigenvalue weighted by atomic mass is 10.2. The molecule has 0 aromatic heterocycles. The van der Waals surface area contributed by atoms with Gasteiger partial charge in [-0.25, -0.2) is 18.0 Å². The fourth-order valence-corrected chi connectivity index (χ4v) is 2.49. The van der Waals surface area contributed by atoms with Crippen LogP contribution in [0.5, 0.6) is 0 Å². The molecule has 3 amide bonds. The summed E-state index contributed by atoms with van der Waals surface area (Å²) in [6.45, 7) is 1.56. The van der Waals surface area contributed by atoms with Gasteiger partial charge >= 0.3 is 12.0 Å². The first-order chi connectivity index (χ1) is 10.8. The second kappa shape index (κ2) is 8.28. The minimum absolute atomic E-state index is 0.168.